The van der Waals surface area contributed by atoms with Gasteiger partial charge in [0.15, 0.2) is 11.5 Å². The van der Waals surface area contributed by atoms with E-state index in [9.17, 15) is 20.3 Å². The van der Waals surface area contributed by atoms with Crippen LogP contribution in [0.4, 0.5) is 0 Å². The molecule has 0 radical (unpaired) electrons. The Labute approximate surface area is 175 Å². The van der Waals surface area contributed by atoms with Gasteiger partial charge in [0, 0.05) is 6.54 Å². The number of nitrogens with zero attached hydrogens (tertiary/aromatic N) is 1. The average molecular weight is 408 g/mol. The molecule has 156 valence electrons. The number of phenols is 2. The van der Waals surface area contributed by atoms with Crippen molar-refractivity contribution in [1.82, 2.24) is 5.32 Å². The number of benzene rings is 2. The Kier molecular flexibility index (Phi) is 7.89. The highest BCUT2D eigenvalue weighted by Gasteiger charge is 2.10. The van der Waals surface area contributed by atoms with Crippen molar-refractivity contribution in [2.24, 2.45) is 0 Å². The first kappa shape index (κ1) is 22.4. The maximum absolute atomic E-state index is 12.2. The average Bonchev–Trinajstić information content (AvgIpc) is 2.74. The molecule has 3 N–H and O–H groups in total. The highest BCUT2D eigenvalue weighted by atomic mass is 16.5. The van der Waals surface area contributed by atoms with Crippen LogP contribution in [0.25, 0.3) is 6.08 Å². The van der Waals surface area contributed by atoms with Crippen LogP contribution in [-0.2, 0) is 11.2 Å². The molecule has 7 nitrogen and oxygen atoms in total. The molecule has 0 atom stereocenters. The Balaban J connectivity index is 2.01. The number of hydrogen-bond acceptors (Lipinski definition) is 6. The minimum absolute atomic E-state index is 0.0456. The van der Waals surface area contributed by atoms with E-state index in [1.807, 2.05) is 25.1 Å². The molecule has 0 heterocycles. The van der Waals surface area contributed by atoms with E-state index in [4.69, 9.17) is 9.47 Å². The van der Waals surface area contributed by atoms with Crippen molar-refractivity contribution >= 4 is 12.0 Å². The van der Waals surface area contributed by atoms with Gasteiger partial charge >= 0.3 is 0 Å². The highest BCUT2D eigenvalue weighted by Crippen LogP contribution is 2.37. The third-order valence-corrected chi connectivity index (χ3v) is 4.39. The Hall–Kier alpha value is -3.92. The van der Waals surface area contributed by atoms with E-state index in [0.717, 1.165) is 11.1 Å². The van der Waals surface area contributed by atoms with Gasteiger partial charge in [0.05, 0.1) is 14.2 Å². The van der Waals surface area contributed by atoms with Crippen LogP contribution in [0, 0.1) is 18.3 Å². The molecular formula is C23H24N2O5. The lowest BCUT2D eigenvalue weighted by Gasteiger charge is -2.09. The molecule has 30 heavy (non-hydrogen) atoms. The lowest BCUT2D eigenvalue weighted by Crippen LogP contribution is -2.26. The number of allylic oxidation sites excluding steroid dienone is 2. The Bertz CT molecular complexity index is 994. The lowest BCUT2D eigenvalue weighted by atomic mass is 10.1. The molecule has 0 saturated carbocycles. The van der Waals surface area contributed by atoms with Gasteiger partial charge in [0.25, 0.3) is 5.91 Å². The molecule has 0 unspecified atom stereocenters. The fraction of sp³-hybridized carbons (Fsp3) is 0.217. The van der Waals surface area contributed by atoms with Gasteiger partial charge in [-0.15, -0.1) is 0 Å². The third-order valence-electron chi connectivity index (χ3n) is 4.39. The van der Waals surface area contributed by atoms with Crippen LogP contribution in [0.2, 0.25) is 0 Å². The first-order valence-electron chi connectivity index (χ1n) is 9.19. The quantitative estimate of drug-likeness (QED) is 0.351. The topological polar surface area (TPSA) is 112 Å². The zero-order chi connectivity index (χ0) is 22.1. The largest absolute Gasteiger partial charge is 0.508 e. The van der Waals surface area contributed by atoms with Crippen LogP contribution in [0.5, 0.6) is 23.0 Å². The molecule has 0 bridgehead atoms. The van der Waals surface area contributed by atoms with Crippen LogP contribution in [0.1, 0.15) is 16.7 Å². The first-order valence-corrected chi connectivity index (χ1v) is 9.19. The lowest BCUT2D eigenvalue weighted by molar-refractivity contribution is -0.117. The van der Waals surface area contributed by atoms with Crippen molar-refractivity contribution in [3.05, 3.63) is 64.7 Å². The number of nitriles is 1. The number of methoxy groups -OCH3 is 2. The standard InChI is InChI=1S/C23H24N2O5/c1-15-7-8-16(11-19(15)26)9-10-25-23(28)18(14-24)6-4-5-17-12-20(29-2)22(27)21(13-17)30-3/h4-8,11-13,26-27H,9-10H2,1-3H3,(H,25,28)/b5-4+,18-6+. The minimum Gasteiger partial charge on any atom is -0.508 e. The van der Waals surface area contributed by atoms with E-state index < -0.39 is 5.91 Å². The molecule has 2 aromatic carbocycles. The monoisotopic (exact) mass is 408 g/mol. The molecule has 0 spiro atoms. The summed E-state index contributed by atoms with van der Waals surface area (Å²) < 4.78 is 10.2. The van der Waals surface area contributed by atoms with Gasteiger partial charge in [-0.2, -0.15) is 5.26 Å². The van der Waals surface area contributed by atoms with E-state index in [2.05, 4.69) is 5.32 Å². The van der Waals surface area contributed by atoms with E-state index in [1.54, 1.807) is 30.4 Å². The van der Waals surface area contributed by atoms with Crippen molar-refractivity contribution in [1.29, 1.82) is 5.26 Å². The van der Waals surface area contributed by atoms with Gasteiger partial charge in [0.1, 0.15) is 17.4 Å². The van der Waals surface area contributed by atoms with Gasteiger partial charge in [0.2, 0.25) is 5.75 Å². The molecule has 0 aromatic heterocycles. The zero-order valence-corrected chi connectivity index (χ0v) is 17.1. The zero-order valence-electron chi connectivity index (χ0n) is 17.1. The summed E-state index contributed by atoms with van der Waals surface area (Å²) in [5.74, 6) is 0.117. The minimum atomic E-state index is -0.487. The maximum Gasteiger partial charge on any atom is 0.261 e. The van der Waals surface area contributed by atoms with Crippen LogP contribution in [0.15, 0.2) is 48.1 Å². The Morgan fingerprint density at radius 2 is 1.83 bits per heavy atom. The molecule has 1 amide bonds. The first-order chi connectivity index (χ1) is 14.4. The summed E-state index contributed by atoms with van der Waals surface area (Å²) in [7, 11) is 2.86. The Morgan fingerprint density at radius 3 is 2.40 bits per heavy atom. The molecule has 0 saturated heterocycles. The number of nitrogens with one attached hydrogen (secondary N) is 1. The number of aromatic hydroxyl groups is 2. The summed E-state index contributed by atoms with van der Waals surface area (Å²) in [4.78, 5) is 12.2. The fourth-order valence-electron chi connectivity index (χ4n) is 2.66. The number of amides is 1. The number of rotatable bonds is 8. The van der Waals surface area contributed by atoms with Crippen molar-refractivity contribution < 1.29 is 24.5 Å². The fourth-order valence-corrected chi connectivity index (χ4v) is 2.66. The molecule has 0 aliphatic carbocycles. The molecule has 0 aliphatic rings. The second kappa shape index (κ2) is 10.6. The highest BCUT2D eigenvalue weighted by molar-refractivity contribution is 5.97. The molecular weight excluding hydrogens is 384 g/mol. The van der Waals surface area contributed by atoms with Gasteiger partial charge in [-0.25, -0.2) is 0 Å². The van der Waals surface area contributed by atoms with Crippen LogP contribution in [-0.4, -0.2) is 36.9 Å². The third kappa shape index (κ3) is 5.79. The number of hydrogen-bond donors (Lipinski definition) is 3. The molecule has 0 aliphatic heterocycles. The predicted molar refractivity (Wildman–Crippen MR) is 113 cm³/mol. The second-order valence-corrected chi connectivity index (χ2v) is 6.45. The van der Waals surface area contributed by atoms with Crippen molar-refractivity contribution in [3.63, 3.8) is 0 Å². The number of ether oxygens (including phenoxy) is 2. The summed E-state index contributed by atoms with van der Waals surface area (Å²) in [6.45, 7) is 2.14. The van der Waals surface area contributed by atoms with Crippen LogP contribution >= 0.6 is 0 Å². The maximum atomic E-state index is 12.2. The summed E-state index contributed by atoms with van der Waals surface area (Å²) in [5, 5.41) is 31.6. The van der Waals surface area contributed by atoms with Crippen molar-refractivity contribution in [2.75, 3.05) is 20.8 Å². The molecule has 0 fully saturated rings. The van der Waals surface area contributed by atoms with Crippen molar-refractivity contribution in [2.45, 2.75) is 13.3 Å². The number of aryl methyl sites for hydroxylation is 1. The van der Waals surface area contributed by atoms with Crippen molar-refractivity contribution in [3.8, 4) is 29.1 Å². The van der Waals surface area contributed by atoms with E-state index >= 15 is 0 Å². The van der Waals surface area contributed by atoms with E-state index in [1.165, 1.54) is 20.3 Å². The van der Waals surface area contributed by atoms with Gasteiger partial charge in [-0.05, 0) is 54.3 Å². The number of phenolic OH excluding ortho intramolecular Hbond substituents is 2. The van der Waals surface area contributed by atoms with Crippen LogP contribution in [0.3, 0.4) is 0 Å². The van der Waals surface area contributed by atoms with Gasteiger partial charge in [-0.3, -0.25) is 4.79 Å². The van der Waals surface area contributed by atoms with Gasteiger partial charge < -0.3 is 25.0 Å². The Morgan fingerprint density at radius 1 is 1.17 bits per heavy atom. The van der Waals surface area contributed by atoms with E-state index in [0.29, 0.717) is 18.5 Å². The summed E-state index contributed by atoms with van der Waals surface area (Å²) in [5.41, 5.74) is 2.29. The summed E-state index contributed by atoms with van der Waals surface area (Å²) in [6, 6.07) is 10.4. The van der Waals surface area contributed by atoms with Gasteiger partial charge in [-0.1, -0.05) is 24.3 Å². The van der Waals surface area contributed by atoms with E-state index in [-0.39, 0.29) is 28.6 Å². The molecule has 2 rings (SSSR count). The second-order valence-electron chi connectivity index (χ2n) is 6.45. The summed E-state index contributed by atoms with van der Waals surface area (Å²) in [6.07, 6.45) is 5.14. The molecule has 2 aromatic rings. The summed E-state index contributed by atoms with van der Waals surface area (Å²) >= 11 is 0. The predicted octanol–water partition coefficient (Wildman–Crippen LogP) is 3.25. The number of carbonyl (C=O) groups is 1. The molecule has 7 heteroatoms. The van der Waals surface area contributed by atoms with Crippen LogP contribution < -0.4 is 14.8 Å². The number of carbonyl (C=O) groups excluding carboxylic acids is 1. The normalized spacial score (nSPS) is 11.2. The SMILES string of the molecule is COc1cc(/C=C/C=C(\C#N)C(=O)NCCc2ccc(C)c(O)c2)cc(OC)c1O. The smallest absolute Gasteiger partial charge is 0.261 e.